The predicted molar refractivity (Wildman–Crippen MR) is 160 cm³/mol. The van der Waals surface area contributed by atoms with Crippen molar-refractivity contribution in [3.8, 4) is 0 Å². The summed E-state index contributed by atoms with van der Waals surface area (Å²) in [6, 6.07) is 25.6. The third kappa shape index (κ3) is 7.36. The first-order valence-electron chi connectivity index (χ1n) is 12.4. The Morgan fingerprint density at radius 3 is 2.31 bits per heavy atom. The molecule has 4 aromatic carbocycles. The van der Waals surface area contributed by atoms with Crippen LogP contribution in [-0.4, -0.2) is 37.4 Å². The molecular weight excluding hydrogens is 582 g/mol. The molecule has 0 bridgehead atoms. The standard InChI is InChI=1S/C29H24ClN5O6S/c1-20(21-8-6-11-24(17-21)31-29(37)22-9-5-10-23(30)16-22)32-33-28(36)19-34(25-12-7-13-26(18-25)35(38)39)42(40,41)27-14-3-2-4-15-27/h2-18H,19H2,1H3,(H,31,37)(H,33,36)/b32-20-. The first-order valence-corrected chi connectivity index (χ1v) is 14.2. The number of hydrogen-bond donors (Lipinski definition) is 2. The number of anilines is 2. The minimum absolute atomic E-state index is 0.0629. The second kappa shape index (κ2) is 13.1. The van der Waals surface area contributed by atoms with Crippen LogP contribution in [0.3, 0.4) is 0 Å². The van der Waals surface area contributed by atoms with Crippen LogP contribution >= 0.6 is 11.6 Å². The Hall–Kier alpha value is -5.07. The van der Waals surface area contributed by atoms with Gasteiger partial charge in [-0.15, -0.1) is 0 Å². The number of carbonyl (C=O) groups excluding carboxylic acids is 2. The van der Waals surface area contributed by atoms with Crippen molar-refractivity contribution in [3.63, 3.8) is 0 Å². The molecule has 0 saturated heterocycles. The summed E-state index contributed by atoms with van der Waals surface area (Å²) in [4.78, 5) is 36.1. The molecule has 42 heavy (non-hydrogen) atoms. The van der Waals surface area contributed by atoms with E-state index in [1.54, 1.807) is 55.5 Å². The van der Waals surface area contributed by atoms with Crippen molar-refractivity contribution in [1.82, 2.24) is 5.43 Å². The first kappa shape index (κ1) is 29.9. The van der Waals surface area contributed by atoms with Crippen LogP contribution < -0.4 is 15.0 Å². The molecule has 0 spiro atoms. The highest BCUT2D eigenvalue weighted by atomic mass is 35.5. The zero-order chi connectivity index (χ0) is 30.3. The van der Waals surface area contributed by atoms with Gasteiger partial charge in [-0.2, -0.15) is 5.10 Å². The normalized spacial score (nSPS) is 11.4. The average molecular weight is 606 g/mol. The van der Waals surface area contributed by atoms with Crippen LogP contribution in [0.5, 0.6) is 0 Å². The van der Waals surface area contributed by atoms with E-state index in [1.165, 1.54) is 48.5 Å². The van der Waals surface area contributed by atoms with Gasteiger partial charge in [-0.25, -0.2) is 13.8 Å². The molecule has 0 aliphatic carbocycles. The van der Waals surface area contributed by atoms with Crippen molar-refractivity contribution >= 4 is 56.2 Å². The zero-order valence-corrected chi connectivity index (χ0v) is 23.7. The topological polar surface area (TPSA) is 151 Å². The Labute approximate surface area is 246 Å². The quantitative estimate of drug-likeness (QED) is 0.143. The summed E-state index contributed by atoms with van der Waals surface area (Å²) in [5, 5.41) is 18.6. The number of hydrazone groups is 1. The molecule has 0 fully saturated rings. The highest BCUT2D eigenvalue weighted by Gasteiger charge is 2.28. The van der Waals surface area contributed by atoms with E-state index < -0.39 is 27.4 Å². The number of carbonyl (C=O) groups is 2. The second-order valence-corrected chi connectivity index (χ2v) is 11.2. The summed E-state index contributed by atoms with van der Waals surface area (Å²) < 4.78 is 27.7. The largest absolute Gasteiger partial charge is 0.322 e. The number of non-ortho nitro benzene ring substituents is 1. The molecule has 2 amide bonds. The van der Waals surface area contributed by atoms with Gasteiger partial charge < -0.3 is 5.32 Å². The van der Waals surface area contributed by atoms with Gasteiger partial charge >= 0.3 is 0 Å². The van der Waals surface area contributed by atoms with Gasteiger partial charge in [0.2, 0.25) is 0 Å². The zero-order valence-electron chi connectivity index (χ0n) is 22.1. The van der Waals surface area contributed by atoms with Gasteiger partial charge in [0.15, 0.2) is 0 Å². The van der Waals surface area contributed by atoms with Gasteiger partial charge in [0.1, 0.15) is 6.54 Å². The van der Waals surface area contributed by atoms with Crippen molar-refractivity contribution in [2.45, 2.75) is 11.8 Å². The predicted octanol–water partition coefficient (Wildman–Crippen LogP) is 5.24. The molecule has 11 nitrogen and oxygen atoms in total. The van der Waals surface area contributed by atoms with Gasteiger partial charge in [-0.05, 0) is 61.0 Å². The summed E-state index contributed by atoms with van der Waals surface area (Å²) in [7, 11) is -4.27. The van der Waals surface area contributed by atoms with E-state index in [-0.39, 0.29) is 22.2 Å². The SMILES string of the molecule is C/C(=N/NC(=O)CN(c1cccc([N+](=O)[O-])c1)S(=O)(=O)c1ccccc1)c1cccc(NC(=O)c2cccc(Cl)c2)c1. The number of rotatable bonds is 10. The number of amides is 2. The minimum atomic E-state index is -4.27. The molecule has 0 saturated carbocycles. The minimum Gasteiger partial charge on any atom is -0.322 e. The van der Waals surface area contributed by atoms with Gasteiger partial charge in [-0.1, -0.05) is 54.1 Å². The van der Waals surface area contributed by atoms with Gasteiger partial charge in [-0.3, -0.25) is 24.0 Å². The molecule has 0 heterocycles. The third-order valence-corrected chi connectivity index (χ3v) is 7.94. The lowest BCUT2D eigenvalue weighted by molar-refractivity contribution is -0.384. The first-order chi connectivity index (χ1) is 20.0. The summed E-state index contributed by atoms with van der Waals surface area (Å²) >= 11 is 5.97. The molecule has 13 heteroatoms. The van der Waals surface area contributed by atoms with E-state index in [1.807, 2.05) is 0 Å². The second-order valence-electron chi connectivity index (χ2n) is 8.88. The molecule has 2 N–H and O–H groups in total. The van der Waals surface area contributed by atoms with Crippen LogP contribution in [0.4, 0.5) is 17.1 Å². The summed E-state index contributed by atoms with van der Waals surface area (Å²) in [5.74, 6) is -1.15. The van der Waals surface area contributed by atoms with Crippen LogP contribution in [0, 0.1) is 10.1 Å². The van der Waals surface area contributed by atoms with Crippen molar-refractivity contribution in [2.24, 2.45) is 5.10 Å². The molecule has 0 aromatic heterocycles. The summed E-state index contributed by atoms with van der Waals surface area (Å²) in [6.45, 7) is 0.919. The number of halogens is 1. The summed E-state index contributed by atoms with van der Waals surface area (Å²) in [6.07, 6.45) is 0. The van der Waals surface area contributed by atoms with Gasteiger partial charge in [0, 0.05) is 28.4 Å². The van der Waals surface area contributed by atoms with E-state index in [2.05, 4.69) is 15.8 Å². The Kier molecular flexibility index (Phi) is 9.30. The lowest BCUT2D eigenvalue weighted by atomic mass is 10.1. The average Bonchev–Trinajstić information content (AvgIpc) is 2.99. The lowest BCUT2D eigenvalue weighted by Gasteiger charge is -2.23. The van der Waals surface area contributed by atoms with E-state index >= 15 is 0 Å². The van der Waals surface area contributed by atoms with E-state index in [0.29, 0.717) is 27.5 Å². The van der Waals surface area contributed by atoms with Crippen LogP contribution in [-0.2, 0) is 14.8 Å². The smallest absolute Gasteiger partial charge is 0.271 e. The van der Waals surface area contributed by atoms with Crippen LogP contribution in [0.15, 0.2) is 113 Å². The van der Waals surface area contributed by atoms with Crippen LogP contribution in [0.2, 0.25) is 5.02 Å². The Morgan fingerprint density at radius 1 is 0.905 bits per heavy atom. The van der Waals surface area contributed by atoms with Gasteiger partial charge in [0.25, 0.3) is 27.5 Å². The highest BCUT2D eigenvalue weighted by Crippen LogP contribution is 2.27. The van der Waals surface area contributed by atoms with Crippen molar-refractivity contribution < 1.29 is 22.9 Å². The molecule has 214 valence electrons. The molecule has 0 aliphatic heterocycles. The van der Waals surface area contributed by atoms with Crippen LogP contribution in [0.1, 0.15) is 22.8 Å². The van der Waals surface area contributed by atoms with E-state index in [0.717, 1.165) is 10.4 Å². The third-order valence-electron chi connectivity index (χ3n) is 5.92. The maximum Gasteiger partial charge on any atom is 0.271 e. The molecule has 4 rings (SSSR count). The molecule has 0 aliphatic rings. The van der Waals surface area contributed by atoms with Crippen molar-refractivity contribution in [2.75, 3.05) is 16.2 Å². The Bertz CT molecular complexity index is 1780. The number of nitrogens with one attached hydrogen (secondary N) is 2. The highest BCUT2D eigenvalue weighted by molar-refractivity contribution is 7.92. The number of benzene rings is 4. The Balaban J connectivity index is 1.53. The molecule has 0 radical (unpaired) electrons. The van der Waals surface area contributed by atoms with Gasteiger partial charge in [0.05, 0.1) is 21.2 Å². The number of nitro benzene ring substituents is 1. The fourth-order valence-corrected chi connectivity index (χ4v) is 5.45. The monoisotopic (exact) mass is 605 g/mol. The lowest BCUT2D eigenvalue weighted by Crippen LogP contribution is -2.39. The van der Waals surface area contributed by atoms with Crippen molar-refractivity contribution in [1.29, 1.82) is 0 Å². The number of hydrogen-bond acceptors (Lipinski definition) is 7. The molecule has 4 aromatic rings. The molecule has 0 unspecified atom stereocenters. The van der Waals surface area contributed by atoms with Crippen molar-refractivity contribution in [3.05, 3.63) is 129 Å². The molecular formula is C29H24ClN5O6S. The fourth-order valence-electron chi connectivity index (χ4n) is 3.83. The van der Waals surface area contributed by atoms with Crippen LogP contribution in [0.25, 0.3) is 0 Å². The van der Waals surface area contributed by atoms with E-state index in [4.69, 9.17) is 11.6 Å². The fraction of sp³-hybridized carbons (Fsp3) is 0.0690. The number of sulfonamides is 1. The Morgan fingerprint density at radius 2 is 1.60 bits per heavy atom. The maximum absolute atomic E-state index is 13.5. The maximum atomic E-state index is 13.5. The summed E-state index contributed by atoms with van der Waals surface area (Å²) in [5.41, 5.74) is 3.74. The van der Waals surface area contributed by atoms with E-state index in [9.17, 15) is 28.1 Å². The number of nitro groups is 1. The molecule has 0 atom stereocenters. The number of nitrogens with zero attached hydrogens (tertiary/aromatic N) is 3.